The molecule has 1 amide bonds. The maximum atomic E-state index is 12.3. The van der Waals surface area contributed by atoms with Crippen molar-refractivity contribution < 1.29 is 14.6 Å². The smallest absolute Gasteiger partial charge is 0.275 e. The van der Waals surface area contributed by atoms with Gasteiger partial charge in [0.05, 0.1) is 41.9 Å². The number of carbonyl (C=O) groups excluding carboxylic acids is 1. The Labute approximate surface area is 136 Å². The number of carbonyl (C=O) groups is 1. The molecule has 1 aliphatic rings. The lowest BCUT2D eigenvalue weighted by Gasteiger charge is -2.09. The monoisotopic (exact) mass is 363 g/mol. The molecule has 6 nitrogen and oxygen atoms in total. The fourth-order valence-corrected chi connectivity index (χ4v) is 2.51. The average Bonchev–Trinajstić information content (AvgIpc) is 2.76. The molecule has 0 aromatic heterocycles. The van der Waals surface area contributed by atoms with Gasteiger partial charge < -0.3 is 9.84 Å². The minimum atomic E-state index is -0.240. The number of aromatic hydroxyl groups is 1. The van der Waals surface area contributed by atoms with Crippen LogP contribution in [0.4, 0.5) is 0 Å². The Morgan fingerprint density at radius 3 is 2.91 bits per heavy atom. The van der Waals surface area contributed by atoms with E-state index in [1.54, 1.807) is 25.1 Å². The summed E-state index contributed by atoms with van der Waals surface area (Å²) in [4.78, 5) is 12.3. The highest BCUT2D eigenvalue weighted by atomic mass is 79.9. The quantitative estimate of drug-likeness (QED) is 0.833. The number of hydrogen-bond donors (Lipinski definition) is 1. The van der Waals surface area contributed by atoms with Crippen molar-refractivity contribution in [1.29, 1.82) is 5.26 Å². The van der Waals surface area contributed by atoms with Crippen LogP contribution in [0.5, 0.6) is 11.5 Å². The predicted molar refractivity (Wildman–Crippen MR) is 85.4 cm³/mol. The normalized spacial score (nSPS) is 15.9. The van der Waals surface area contributed by atoms with Crippen molar-refractivity contribution in [3.63, 3.8) is 0 Å². The van der Waals surface area contributed by atoms with Crippen LogP contribution < -0.4 is 4.74 Å². The lowest BCUT2D eigenvalue weighted by Crippen LogP contribution is -2.22. The van der Waals surface area contributed by atoms with E-state index >= 15 is 0 Å². The Kier molecular flexibility index (Phi) is 4.83. The highest BCUT2D eigenvalue weighted by Crippen LogP contribution is 2.36. The molecule has 7 heteroatoms. The van der Waals surface area contributed by atoms with E-state index in [9.17, 15) is 9.90 Å². The molecule has 0 fully saturated rings. The van der Waals surface area contributed by atoms with E-state index in [4.69, 9.17) is 10.00 Å². The van der Waals surface area contributed by atoms with Crippen LogP contribution in [0.3, 0.4) is 0 Å². The van der Waals surface area contributed by atoms with Gasteiger partial charge in [0.25, 0.3) is 5.91 Å². The second kappa shape index (κ2) is 6.62. The second-order valence-corrected chi connectivity index (χ2v) is 5.49. The summed E-state index contributed by atoms with van der Waals surface area (Å²) in [5, 5.41) is 23.8. The van der Waals surface area contributed by atoms with E-state index in [1.165, 1.54) is 12.1 Å². The summed E-state index contributed by atoms with van der Waals surface area (Å²) >= 11 is 3.24. The molecule has 0 aliphatic carbocycles. The summed E-state index contributed by atoms with van der Waals surface area (Å²) in [5.41, 5.74) is 1.74. The molecule has 2 rings (SSSR count). The van der Waals surface area contributed by atoms with Gasteiger partial charge in [-0.25, -0.2) is 5.01 Å². The fraction of sp³-hybridized carbons (Fsp3) is 0.267. The second-order valence-electron chi connectivity index (χ2n) is 4.63. The van der Waals surface area contributed by atoms with Gasteiger partial charge in [-0.2, -0.15) is 10.4 Å². The van der Waals surface area contributed by atoms with Crippen molar-refractivity contribution in [2.75, 3.05) is 13.7 Å². The zero-order valence-corrected chi connectivity index (χ0v) is 13.7. The van der Waals surface area contributed by atoms with Crippen molar-refractivity contribution in [1.82, 2.24) is 5.01 Å². The molecule has 1 heterocycles. The van der Waals surface area contributed by atoms with Crippen molar-refractivity contribution in [2.45, 2.75) is 13.3 Å². The van der Waals surface area contributed by atoms with Gasteiger partial charge in [-0.15, -0.1) is 0 Å². The minimum absolute atomic E-state index is 0.00318. The van der Waals surface area contributed by atoms with E-state index in [2.05, 4.69) is 21.0 Å². The number of phenolic OH excluding ortho intramolecular Hbond substituents is 1. The van der Waals surface area contributed by atoms with Gasteiger partial charge in [0.2, 0.25) is 0 Å². The molecule has 1 N–H and O–H groups in total. The summed E-state index contributed by atoms with van der Waals surface area (Å²) in [5.74, 6) is 0.0712. The molecule has 22 heavy (non-hydrogen) atoms. The van der Waals surface area contributed by atoms with Gasteiger partial charge in [0.1, 0.15) is 0 Å². The summed E-state index contributed by atoms with van der Waals surface area (Å²) < 4.78 is 5.56. The Hall–Kier alpha value is -2.33. The first-order valence-corrected chi connectivity index (χ1v) is 7.29. The number of nitrogens with zero attached hydrogens (tertiary/aromatic N) is 3. The van der Waals surface area contributed by atoms with Gasteiger partial charge in [-0.1, -0.05) is 0 Å². The fourth-order valence-electron chi connectivity index (χ4n) is 2.05. The topological polar surface area (TPSA) is 85.9 Å². The number of hydrogen-bond acceptors (Lipinski definition) is 5. The third-order valence-electron chi connectivity index (χ3n) is 3.14. The van der Waals surface area contributed by atoms with Gasteiger partial charge in [0.15, 0.2) is 11.5 Å². The molecule has 0 atom stereocenters. The molecule has 1 aromatic carbocycles. The molecule has 0 unspecified atom stereocenters. The van der Waals surface area contributed by atoms with Crippen LogP contribution in [0.25, 0.3) is 6.08 Å². The first-order chi connectivity index (χ1) is 10.5. The van der Waals surface area contributed by atoms with Gasteiger partial charge >= 0.3 is 0 Å². The van der Waals surface area contributed by atoms with Crippen LogP contribution in [-0.4, -0.2) is 35.4 Å². The number of amides is 1. The summed E-state index contributed by atoms with van der Waals surface area (Å²) in [6.45, 7) is 2.01. The minimum Gasteiger partial charge on any atom is -0.503 e. The molecule has 114 valence electrons. The van der Waals surface area contributed by atoms with Gasteiger partial charge in [-0.3, -0.25) is 4.79 Å². The first-order valence-electron chi connectivity index (χ1n) is 6.50. The zero-order chi connectivity index (χ0) is 16.3. The molecular formula is C15H14BrN3O3. The van der Waals surface area contributed by atoms with Crippen molar-refractivity contribution in [3.05, 3.63) is 27.7 Å². The number of halogens is 1. The summed E-state index contributed by atoms with van der Waals surface area (Å²) in [6, 6.07) is 5.30. The number of phenols is 1. The molecular weight excluding hydrogens is 350 g/mol. The average molecular weight is 364 g/mol. The highest BCUT2D eigenvalue weighted by Gasteiger charge is 2.27. The van der Waals surface area contributed by atoms with Crippen LogP contribution in [0.1, 0.15) is 18.9 Å². The molecule has 0 saturated carbocycles. The Bertz CT molecular complexity index is 719. The Balaban J connectivity index is 2.34. The van der Waals surface area contributed by atoms with Crippen LogP contribution in [0.15, 0.2) is 27.3 Å². The third kappa shape index (κ3) is 3.12. The summed E-state index contributed by atoms with van der Waals surface area (Å²) in [6.07, 6.45) is 1.91. The molecule has 0 radical (unpaired) electrons. The number of hydrazone groups is 1. The lowest BCUT2D eigenvalue weighted by molar-refractivity contribution is -0.125. The molecule has 0 spiro atoms. The standard InChI is InChI=1S/C15H14BrN3O3/c1-9-11(15(21)19(18-9)5-3-4-17)6-10-7-12(16)14(20)13(8-10)22-2/h6-8,20H,3,5H2,1-2H3. The van der Waals surface area contributed by atoms with E-state index in [0.717, 1.165) is 0 Å². The van der Waals surface area contributed by atoms with Gasteiger partial charge in [-0.05, 0) is 46.6 Å². The number of benzene rings is 1. The van der Waals surface area contributed by atoms with Crippen LogP contribution in [0, 0.1) is 11.3 Å². The Morgan fingerprint density at radius 1 is 1.55 bits per heavy atom. The Morgan fingerprint density at radius 2 is 2.27 bits per heavy atom. The van der Waals surface area contributed by atoms with Crippen molar-refractivity contribution >= 4 is 33.6 Å². The molecule has 0 saturated heterocycles. The molecule has 1 aromatic rings. The SMILES string of the molecule is COc1cc(C=C2C(=O)N(CCC#N)N=C2C)cc(Br)c1O. The largest absolute Gasteiger partial charge is 0.503 e. The number of rotatable bonds is 4. The van der Waals surface area contributed by atoms with Crippen LogP contribution >= 0.6 is 15.9 Å². The summed E-state index contributed by atoms with van der Waals surface area (Å²) in [7, 11) is 1.45. The van der Waals surface area contributed by atoms with E-state index in [1.807, 2.05) is 6.07 Å². The maximum Gasteiger partial charge on any atom is 0.275 e. The lowest BCUT2D eigenvalue weighted by atomic mass is 10.1. The number of ether oxygens (including phenoxy) is 1. The molecule has 0 bridgehead atoms. The highest BCUT2D eigenvalue weighted by molar-refractivity contribution is 9.10. The first kappa shape index (κ1) is 16.0. The number of methoxy groups -OCH3 is 1. The molecule has 1 aliphatic heterocycles. The van der Waals surface area contributed by atoms with Crippen LogP contribution in [-0.2, 0) is 4.79 Å². The zero-order valence-electron chi connectivity index (χ0n) is 12.1. The van der Waals surface area contributed by atoms with Crippen molar-refractivity contribution in [3.8, 4) is 17.6 Å². The maximum absolute atomic E-state index is 12.3. The van der Waals surface area contributed by atoms with E-state index < -0.39 is 0 Å². The number of nitriles is 1. The predicted octanol–water partition coefficient (Wildman–Crippen LogP) is 2.68. The van der Waals surface area contributed by atoms with E-state index in [0.29, 0.717) is 27.1 Å². The van der Waals surface area contributed by atoms with Crippen LogP contribution in [0.2, 0.25) is 0 Å². The van der Waals surface area contributed by atoms with Gasteiger partial charge in [0, 0.05) is 0 Å². The van der Waals surface area contributed by atoms with E-state index in [-0.39, 0.29) is 24.6 Å². The van der Waals surface area contributed by atoms with Crippen molar-refractivity contribution in [2.24, 2.45) is 5.10 Å². The third-order valence-corrected chi connectivity index (χ3v) is 3.75.